The number of hydrogen-bond acceptors (Lipinski definition) is 4. The average molecular weight is 433 g/mol. The SMILES string of the molecule is COc1ccc(OC)c(S(=O)(=O)N2CC=C(c3c[nH]c4c(Cl)cccc34)CC2)c1. The van der Waals surface area contributed by atoms with Crippen molar-refractivity contribution in [2.45, 2.75) is 11.3 Å². The number of hydrogen-bond donors (Lipinski definition) is 1. The summed E-state index contributed by atoms with van der Waals surface area (Å²) >= 11 is 6.25. The van der Waals surface area contributed by atoms with Crippen LogP contribution < -0.4 is 9.47 Å². The van der Waals surface area contributed by atoms with Crippen LogP contribution >= 0.6 is 11.6 Å². The highest BCUT2D eigenvalue weighted by Crippen LogP contribution is 2.35. The van der Waals surface area contributed by atoms with E-state index in [9.17, 15) is 8.42 Å². The monoisotopic (exact) mass is 432 g/mol. The molecule has 6 nitrogen and oxygen atoms in total. The van der Waals surface area contributed by atoms with E-state index in [2.05, 4.69) is 4.98 Å². The minimum Gasteiger partial charge on any atom is -0.497 e. The molecule has 0 bridgehead atoms. The number of para-hydroxylation sites is 1. The summed E-state index contributed by atoms with van der Waals surface area (Å²) in [5.74, 6) is 0.764. The number of aromatic nitrogens is 1. The van der Waals surface area contributed by atoms with Gasteiger partial charge in [0.1, 0.15) is 16.4 Å². The van der Waals surface area contributed by atoms with Gasteiger partial charge in [0.05, 0.1) is 24.8 Å². The number of nitrogens with one attached hydrogen (secondary N) is 1. The maximum Gasteiger partial charge on any atom is 0.247 e. The van der Waals surface area contributed by atoms with Gasteiger partial charge in [0.15, 0.2) is 0 Å². The van der Waals surface area contributed by atoms with Crippen LogP contribution in [0.2, 0.25) is 5.02 Å². The van der Waals surface area contributed by atoms with Gasteiger partial charge in [-0.1, -0.05) is 29.8 Å². The Morgan fingerprint density at radius 1 is 1.14 bits per heavy atom. The highest BCUT2D eigenvalue weighted by atomic mass is 35.5. The van der Waals surface area contributed by atoms with Crippen LogP contribution in [0.3, 0.4) is 0 Å². The van der Waals surface area contributed by atoms with Crippen LogP contribution in [-0.2, 0) is 10.0 Å². The van der Waals surface area contributed by atoms with Gasteiger partial charge in [-0.15, -0.1) is 0 Å². The second-order valence-electron chi connectivity index (χ2n) is 6.72. The number of benzene rings is 2. The molecule has 1 aromatic heterocycles. The Morgan fingerprint density at radius 2 is 1.97 bits per heavy atom. The molecular formula is C21H21ClN2O4S. The third-order valence-electron chi connectivity index (χ3n) is 5.17. The molecule has 1 aliphatic rings. The molecule has 0 spiro atoms. The zero-order valence-corrected chi connectivity index (χ0v) is 17.7. The Morgan fingerprint density at radius 3 is 2.66 bits per heavy atom. The van der Waals surface area contributed by atoms with E-state index in [1.165, 1.54) is 24.6 Å². The van der Waals surface area contributed by atoms with Gasteiger partial charge in [-0.25, -0.2) is 8.42 Å². The van der Waals surface area contributed by atoms with Gasteiger partial charge in [-0.2, -0.15) is 4.31 Å². The molecule has 4 rings (SSSR count). The number of fused-ring (bicyclic) bond motifs is 1. The third-order valence-corrected chi connectivity index (χ3v) is 7.37. The second kappa shape index (κ2) is 7.74. The molecule has 3 aromatic rings. The van der Waals surface area contributed by atoms with E-state index in [0.717, 1.165) is 22.0 Å². The van der Waals surface area contributed by atoms with Crippen LogP contribution in [0.1, 0.15) is 12.0 Å². The van der Waals surface area contributed by atoms with E-state index in [-0.39, 0.29) is 11.4 Å². The van der Waals surface area contributed by atoms with Crippen LogP contribution in [-0.4, -0.2) is 45.0 Å². The summed E-state index contributed by atoms with van der Waals surface area (Å²) in [7, 11) is -0.767. The van der Waals surface area contributed by atoms with Crippen LogP contribution in [0.15, 0.2) is 53.6 Å². The molecule has 1 aliphatic heterocycles. The lowest BCUT2D eigenvalue weighted by Gasteiger charge is -2.26. The molecule has 2 aromatic carbocycles. The van der Waals surface area contributed by atoms with Crippen molar-refractivity contribution in [3.8, 4) is 11.5 Å². The number of methoxy groups -OCH3 is 2. The minimum atomic E-state index is -3.72. The van der Waals surface area contributed by atoms with E-state index in [0.29, 0.717) is 29.5 Å². The number of ether oxygens (including phenoxy) is 2. The standard InChI is InChI=1S/C21H21ClN2O4S/c1-27-15-6-7-19(28-2)20(12-15)29(25,26)24-10-8-14(9-11-24)17-13-23-21-16(17)4-3-5-18(21)22/h3-8,12-13,23H,9-11H2,1-2H3. The van der Waals surface area contributed by atoms with E-state index in [1.54, 1.807) is 12.1 Å². The molecule has 152 valence electrons. The largest absolute Gasteiger partial charge is 0.497 e. The molecule has 8 heteroatoms. The molecular weight excluding hydrogens is 412 g/mol. The van der Waals surface area contributed by atoms with Crippen molar-refractivity contribution in [2.24, 2.45) is 0 Å². The zero-order valence-electron chi connectivity index (χ0n) is 16.1. The predicted octanol–water partition coefficient (Wildman–Crippen LogP) is 4.32. The molecule has 0 radical (unpaired) electrons. The Kier molecular flexibility index (Phi) is 5.29. The fourth-order valence-electron chi connectivity index (χ4n) is 3.62. The Hall–Kier alpha value is -2.48. The van der Waals surface area contributed by atoms with Crippen LogP contribution in [0.25, 0.3) is 16.5 Å². The predicted molar refractivity (Wildman–Crippen MR) is 114 cm³/mol. The molecule has 0 atom stereocenters. The van der Waals surface area contributed by atoms with Crippen molar-refractivity contribution in [1.29, 1.82) is 0 Å². The van der Waals surface area contributed by atoms with Gasteiger partial charge in [-0.3, -0.25) is 0 Å². The van der Waals surface area contributed by atoms with Gasteiger partial charge in [0.25, 0.3) is 0 Å². The lowest BCUT2D eigenvalue weighted by Crippen LogP contribution is -2.34. The fourth-order valence-corrected chi connectivity index (χ4v) is 5.40. The molecule has 0 saturated carbocycles. The van der Waals surface area contributed by atoms with E-state index < -0.39 is 10.0 Å². The molecule has 29 heavy (non-hydrogen) atoms. The summed E-state index contributed by atoms with van der Waals surface area (Å²) in [6, 6.07) is 10.5. The summed E-state index contributed by atoms with van der Waals surface area (Å²) in [6.07, 6.45) is 4.49. The van der Waals surface area contributed by atoms with Crippen molar-refractivity contribution in [3.05, 3.63) is 59.3 Å². The van der Waals surface area contributed by atoms with Crippen molar-refractivity contribution in [1.82, 2.24) is 9.29 Å². The van der Waals surface area contributed by atoms with Crippen LogP contribution in [0.5, 0.6) is 11.5 Å². The van der Waals surface area contributed by atoms with E-state index in [4.69, 9.17) is 21.1 Å². The minimum absolute atomic E-state index is 0.107. The van der Waals surface area contributed by atoms with Crippen LogP contribution in [0.4, 0.5) is 0 Å². The number of halogens is 1. The zero-order chi connectivity index (χ0) is 20.6. The van der Waals surface area contributed by atoms with Gasteiger partial charge in [0, 0.05) is 36.3 Å². The average Bonchev–Trinajstić information content (AvgIpc) is 3.19. The van der Waals surface area contributed by atoms with Gasteiger partial charge in [-0.05, 0) is 30.2 Å². The Labute approximate surface area is 174 Å². The molecule has 2 heterocycles. The Balaban J connectivity index is 1.65. The first-order valence-electron chi connectivity index (χ1n) is 9.13. The Bertz CT molecular complexity index is 1200. The molecule has 0 saturated heterocycles. The quantitative estimate of drug-likeness (QED) is 0.651. The summed E-state index contributed by atoms with van der Waals surface area (Å²) in [5, 5.41) is 1.70. The smallest absolute Gasteiger partial charge is 0.247 e. The number of sulfonamides is 1. The maximum atomic E-state index is 13.2. The lowest BCUT2D eigenvalue weighted by atomic mass is 10.00. The first-order chi connectivity index (χ1) is 14.0. The first-order valence-corrected chi connectivity index (χ1v) is 10.9. The molecule has 0 fully saturated rings. The van der Waals surface area contributed by atoms with E-state index in [1.807, 2.05) is 30.5 Å². The molecule has 0 amide bonds. The highest BCUT2D eigenvalue weighted by Gasteiger charge is 2.30. The number of rotatable bonds is 5. The highest BCUT2D eigenvalue weighted by molar-refractivity contribution is 7.89. The first kappa shape index (κ1) is 19.8. The fraction of sp³-hybridized carbons (Fsp3) is 0.238. The van der Waals surface area contributed by atoms with Gasteiger partial charge >= 0.3 is 0 Å². The second-order valence-corrected chi connectivity index (χ2v) is 9.04. The van der Waals surface area contributed by atoms with Crippen molar-refractivity contribution < 1.29 is 17.9 Å². The number of aromatic amines is 1. The third kappa shape index (κ3) is 3.50. The van der Waals surface area contributed by atoms with Crippen molar-refractivity contribution in [2.75, 3.05) is 27.3 Å². The summed E-state index contributed by atoms with van der Waals surface area (Å²) in [6.45, 7) is 0.660. The molecule has 0 unspecified atom stereocenters. The van der Waals surface area contributed by atoms with E-state index >= 15 is 0 Å². The van der Waals surface area contributed by atoms with Gasteiger partial charge < -0.3 is 14.5 Å². The van der Waals surface area contributed by atoms with Gasteiger partial charge in [0.2, 0.25) is 10.0 Å². The van der Waals surface area contributed by atoms with Crippen LogP contribution in [0, 0.1) is 0 Å². The van der Waals surface area contributed by atoms with Crippen molar-refractivity contribution >= 4 is 38.1 Å². The maximum absolute atomic E-state index is 13.2. The topological polar surface area (TPSA) is 71.6 Å². The normalized spacial score (nSPS) is 15.3. The number of nitrogens with zero attached hydrogens (tertiary/aromatic N) is 1. The summed E-state index contributed by atoms with van der Waals surface area (Å²) in [5.41, 5.74) is 3.04. The molecule has 1 N–H and O–H groups in total. The number of H-pyrrole nitrogens is 1. The molecule has 0 aliphatic carbocycles. The summed E-state index contributed by atoms with van der Waals surface area (Å²) < 4.78 is 38.4. The summed E-state index contributed by atoms with van der Waals surface area (Å²) in [4.78, 5) is 3.32. The van der Waals surface area contributed by atoms with Crippen molar-refractivity contribution in [3.63, 3.8) is 0 Å². The lowest BCUT2D eigenvalue weighted by molar-refractivity contribution is 0.386.